The van der Waals surface area contributed by atoms with Gasteiger partial charge in [0.2, 0.25) is 0 Å². The average molecular weight is 231 g/mol. The molecule has 1 aromatic heterocycles. The minimum atomic E-state index is 0.319. The highest BCUT2D eigenvalue weighted by Gasteiger charge is 2.21. The normalized spacial score (nSPS) is 21.2. The van der Waals surface area contributed by atoms with E-state index in [-0.39, 0.29) is 0 Å². The van der Waals surface area contributed by atoms with Crippen molar-refractivity contribution in [2.75, 3.05) is 20.1 Å². The molecule has 4 nitrogen and oxygen atoms in total. The van der Waals surface area contributed by atoms with E-state index in [9.17, 15) is 0 Å². The van der Waals surface area contributed by atoms with E-state index in [2.05, 4.69) is 41.2 Å². The molecule has 1 N–H and O–H groups in total. The molecule has 2 aromatic rings. The van der Waals surface area contributed by atoms with Crippen LogP contribution in [0.2, 0.25) is 0 Å². The van der Waals surface area contributed by atoms with Crippen molar-refractivity contribution in [1.82, 2.24) is 15.1 Å². The standard InChI is InChI=1S/C13H17N3O/c1-9-5-10-7-14-15-12(10)6-13(9)17-11-3-4-16(2)8-11/h5-7,11H,3-4,8H2,1-2H3,(H,14,15)/t11-/m0/s1. The molecule has 17 heavy (non-hydrogen) atoms. The lowest BCUT2D eigenvalue weighted by atomic mass is 10.1. The Morgan fingerprint density at radius 3 is 3.12 bits per heavy atom. The van der Waals surface area contributed by atoms with Gasteiger partial charge >= 0.3 is 0 Å². The van der Waals surface area contributed by atoms with Crippen LogP contribution in [0.1, 0.15) is 12.0 Å². The summed E-state index contributed by atoms with van der Waals surface area (Å²) in [6.07, 6.45) is 3.27. The molecule has 1 atom stereocenters. The van der Waals surface area contributed by atoms with Crippen molar-refractivity contribution in [2.45, 2.75) is 19.4 Å². The quantitative estimate of drug-likeness (QED) is 0.859. The van der Waals surface area contributed by atoms with E-state index in [0.29, 0.717) is 6.10 Å². The number of nitrogens with zero attached hydrogens (tertiary/aromatic N) is 2. The SMILES string of the molecule is Cc1cc2cn[nH]c2cc1O[C@H]1CCN(C)C1. The molecule has 1 fully saturated rings. The third kappa shape index (κ3) is 2.00. The number of benzene rings is 1. The summed E-state index contributed by atoms with van der Waals surface area (Å²) in [4.78, 5) is 2.30. The summed E-state index contributed by atoms with van der Waals surface area (Å²) in [7, 11) is 2.13. The van der Waals surface area contributed by atoms with Gasteiger partial charge in [-0.2, -0.15) is 5.10 Å². The summed E-state index contributed by atoms with van der Waals surface area (Å²) in [5, 5.41) is 8.16. The van der Waals surface area contributed by atoms with Gasteiger partial charge in [-0.25, -0.2) is 0 Å². The number of aromatic amines is 1. The van der Waals surface area contributed by atoms with E-state index in [1.165, 1.54) is 5.56 Å². The fraction of sp³-hybridized carbons (Fsp3) is 0.462. The monoisotopic (exact) mass is 231 g/mol. The minimum Gasteiger partial charge on any atom is -0.489 e. The number of hydrogen-bond acceptors (Lipinski definition) is 3. The van der Waals surface area contributed by atoms with E-state index in [0.717, 1.165) is 36.2 Å². The molecule has 0 radical (unpaired) electrons. The molecule has 0 amide bonds. The second-order valence-electron chi connectivity index (χ2n) is 4.87. The molecule has 0 bridgehead atoms. The van der Waals surface area contributed by atoms with Gasteiger partial charge in [-0.3, -0.25) is 5.10 Å². The molecular weight excluding hydrogens is 214 g/mol. The van der Waals surface area contributed by atoms with Crippen LogP contribution in [0.5, 0.6) is 5.75 Å². The number of hydrogen-bond donors (Lipinski definition) is 1. The summed E-state index contributed by atoms with van der Waals surface area (Å²) < 4.78 is 6.06. The predicted molar refractivity (Wildman–Crippen MR) is 67.4 cm³/mol. The van der Waals surface area contributed by atoms with Gasteiger partial charge in [0.05, 0.1) is 11.7 Å². The predicted octanol–water partition coefficient (Wildman–Crippen LogP) is 1.95. The number of fused-ring (bicyclic) bond motifs is 1. The van der Waals surface area contributed by atoms with E-state index in [1.54, 1.807) is 0 Å². The smallest absolute Gasteiger partial charge is 0.124 e. The Bertz CT molecular complexity index is 534. The molecule has 1 saturated heterocycles. The Kier molecular flexibility index (Phi) is 2.52. The maximum atomic E-state index is 6.06. The molecule has 0 aliphatic carbocycles. The zero-order chi connectivity index (χ0) is 11.8. The third-order valence-electron chi connectivity index (χ3n) is 3.38. The molecule has 1 aliphatic rings. The summed E-state index contributed by atoms with van der Waals surface area (Å²) in [5.74, 6) is 0.974. The first kappa shape index (κ1) is 10.6. The van der Waals surface area contributed by atoms with Gasteiger partial charge in [0.25, 0.3) is 0 Å². The average Bonchev–Trinajstić information content (AvgIpc) is 2.88. The number of H-pyrrole nitrogens is 1. The molecule has 0 saturated carbocycles. The Hall–Kier alpha value is -1.55. The Labute approximate surface area is 101 Å². The molecule has 4 heteroatoms. The van der Waals surface area contributed by atoms with E-state index >= 15 is 0 Å². The number of aryl methyl sites for hydroxylation is 1. The fourth-order valence-electron chi connectivity index (χ4n) is 2.38. The van der Waals surface area contributed by atoms with Crippen LogP contribution in [0.15, 0.2) is 18.3 Å². The summed E-state index contributed by atoms with van der Waals surface area (Å²) in [5.41, 5.74) is 2.21. The number of rotatable bonds is 2. The Morgan fingerprint density at radius 2 is 2.35 bits per heavy atom. The number of likely N-dealkylation sites (tertiary alicyclic amines) is 1. The van der Waals surface area contributed by atoms with Crippen molar-refractivity contribution in [3.8, 4) is 5.75 Å². The van der Waals surface area contributed by atoms with Crippen molar-refractivity contribution in [3.05, 3.63) is 23.9 Å². The van der Waals surface area contributed by atoms with Crippen LogP contribution >= 0.6 is 0 Å². The number of likely N-dealkylation sites (N-methyl/N-ethyl adjacent to an activating group) is 1. The minimum absolute atomic E-state index is 0.319. The molecule has 1 aliphatic heterocycles. The highest BCUT2D eigenvalue weighted by Crippen LogP contribution is 2.26. The van der Waals surface area contributed by atoms with Gasteiger partial charge < -0.3 is 9.64 Å². The van der Waals surface area contributed by atoms with Gasteiger partial charge in [0.1, 0.15) is 11.9 Å². The van der Waals surface area contributed by atoms with E-state index in [4.69, 9.17) is 4.74 Å². The van der Waals surface area contributed by atoms with E-state index in [1.807, 2.05) is 6.20 Å². The number of nitrogens with one attached hydrogen (secondary N) is 1. The first-order valence-corrected chi connectivity index (χ1v) is 6.01. The first-order valence-electron chi connectivity index (χ1n) is 6.01. The van der Waals surface area contributed by atoms with Crippen molar-refractivity contribution >= 4 is 10.9 Å². The first-order chi connectivity index (χ1) is 8.22. The van der Waals surface area contributed by atoms with Gasteiger partial charge in [0.15, 0.2) is 0 Å². The van der Waals surface area contributed by atoms with Crippen molar-refractivity contribution in [2.24, 2.45) is 0 Å². The molecule has 0 unspecified atom stereocenters. The van der Waals surface area contributed by atoms with Crippen LogP contribution in [0.3, 0.4) is 0 Å². The lowest BCUT2D eigenvalue weighted by Crippen LogP contribution is -2.21. The van der Waals surface area contributed by atoms with Crippen LogP contribution in [-0.4, -0.2) is 41.3 Å². The van der Waals surface area contributed by atoms with Crippen LogP contribution < -0.4 is 4.74 Å². The molecule has 3 rings (SSSR count). The molecule has 0 spiro atoms. The Balaban J connectivity index is 1.86. The topological polar surface area (TPSA) is 41.1 Å². The lowest BCUT2D eigenvalue weighted by Gasteiger charge is -2.15. The van der Waals surface area contributed by atoms with Gasteiger partial charge in [0, 0.05) is 24.5 Å². The van der Waals surface area contributed by atoms with Crippen LogP contribution in [0.25, 0.3) is 10.9 Å². The van der Waals surface area contributed by atoms with Crippen LogP contribution in [0.4, 0.5) is 0 Å². The number of aromatic nitrogens is 2. The zero-order valence-corrected chi connectivity index (χ0v) is 10.2. The van der Waals surface area contributed by atoms with Gasteiger partial charge in [-0.15, -0.1) is 0 Å². The summed E-state index contributed by atoms with van der Waals surface area (Å²) in [6.45, 7) is 4.22. The molecular formula is C13H17N3O. The maximum Gasteiger partial charge on any atom is 0.124 e. The van der Waals surface area contributed by atoms with E-state index < -0.39 is 0 Å². The second-order valence-corrected chi connectivity index (χ2v) is 4.87. The van der Waals surface area contributed by atoms with Crippen LogP contribution in [-0.2, 0) is 0 Å². The second kappa shape index (κ2) is 4.04. The maximum absolute atomic E-state index is 6.06. The molecule has 1 aromatic carbocycles. The summed E-state index contributed by atoms with van der Waals surface area (Å²) >= 11 is 0. The zero-order valence-electron chi connectivity index (χ0n) is 10.2. The highest BCUT2D eigenvalue weighted by molar-refractivity contribution is 5.80. The molecule has 90 valence electrons. The highest BCUT2D eigenvalue weighted by atomic mass is 16.5. The number of ether oxygens (including phenoxy) is 1. The van der Waals surface area contributed by atoms with Gasteiger partial charge in [-0.05, 0) is 32.0 Å². The summed E-state index contributed by atoms with van der Waals surface area (Å²) in [6, 6.07) is 4.17. The van der Waals surface area contributed by atoms with Crippen molar-refractivity contribution in [1.29, 1.82) is 0 Å². The largest absolute Gasteiger partial charge is 0.489 e. The fourth-order valence-corrected chi connectivity index (χ4v) is 2.38. The van der Waals surface area contributed by atoms with Crippen molar-refractivity contribution in [3.63, 3.8) is 0 Å². The van der Waals surface area contributed by atoms with Crippen LogP contribution in [0, 0.1) is 6.92 Å². The third-order valence-corrected chi connectivity index (χ3v) is 3.38. The van der Waals surface area contributed by atoms with Crippen molar-refractivity contribution < 1.29 is 4.74 Å². The Morgan fingerprint density at radius 1 is 1.47 bits per heavy atom. The molecule has 2 heterocycles. The van der Waals surface area contributed by atoms with Gasteiger partial charge in [-0.1, -0.05) is 0 Å². The lowest BCUT2D eigenvalue weighted by molar-refractivity contribution is 0.207.